The molecule has 0 aromatic heterocycles. The Morgan fingerprint density at radius 2 is 1.70 bits per heavy atom. The number of benzene rings is 1. The van der Waals surface area contributed by atoms with E-state index in [1.807, 2.05) is 24.3 Å². The van der Waals surface area contributed by atoms with Crippen molar-refractivity contribution in [2.75, 3.05) is 7.11 Å². The molecule has 0 heterocycles. The highest BCUT2D eigenvalue weighted by Gasteiger charge is 2.54. The number of carbonyl (C=O) groups is 2. The van der Waals surface area contributed by atoms with E-state index in [1.165, 1.54) is 19.3 Å². The number of hydrogen-bond acceptors (Lipinski definition) is 3. The molecule has 4 saturated carbocycles. The molecule has 2 amide bonds. The molecule has 4 aliphatic carbocycles. The fraction of sp³-hybridized carbons (Fsp3) is 0.636. The zero-order valence-corrected chi connectivity index (χ0v) is 16.3. The van der Waals surface area contributed by atoms with Crippen molar-refractivity contribution >= 4 is 11.8 Å². The van der Waals surface area contributed by atoms with Gasteiger partial charge in [-0.15, -0.1) is 0 Å². The molecule has 1 atom stereocenters. The molecule has 5 rings (SSSR count). The summed E-state index contributed by atoms with van der Waals surface area (Å²) in [6.07, 6.45) is 6.96. The van der Waals surface area contributed by atoms with Crippen LogP contribution in [0.4, 0.5) is 0 Å². The van der Waals surface area contributed by atoms with Crippen LogP contribution in [0.1, 0.15) is 51.0 Å². The Morgan fingerprint density at radius 1 is 1.11 bits per heavy atom. The zero-order chi connectivity index (χ0) is 19.0. The summed E-state index contributed by atoms with van der Waals surface area (Å²) in [5.74, 6) is 2.86. The van der Waals surface area contributed by atoms with Gasteiger partial charge in [0.15, 0.2) is 0 Å². The topological polar surface area (TPSA) is 67.4 Å². The lowest BCUT2D eigenvalue weighted by Crippen LogP contribution is -2.56. The first-order chi connectivity index (χ1) is 13.0. The molecule has 146 valence electrons. The van der Waals surface area contributed by atoms with E-state index in [1.54, 1.807) is 14.0 Å². The number of carbonyl (C=O) groups excluding carboxylic acids is 2. The molecule has 5 nitrogen and oxygen atoms in total. The molecule has 0 saturated heterocycles. The summed E-state index contributed by atoms with van der Waals surface area (Å²) >= 11 is 0. The van der Waals surface area contributed by atoms with Crippen molar-refractivity contribution in [2.24, 2.45) is 23.2 Å². The van der Waals surface area contributed by atoms with Gasteiger partial charge < -0.3 is 15.4 Å². The summed E-state index contributed by atoms with van der Waals surface area (Å²) in [6, 6.07) is 7.10. The van der Waals surface area contributed by atoms with E-state index >= 15 is 0 Å². The van der Waals surface area contributed by atoms with Crippen molar-refractivity contribution in [1.82, 2.24) is 10.6 Å². The van der Waals surface area contributed by atoms with Gasteiger partial charge in [0.25, 0.3) is 0 Å². The third-order valence-corrected chi connectivity index (χ3v) is 6.91. The van der Waals surface area contributed by atoms with Crippen LogP contribution in [-0.2, 0) is 16.1 Å². The Labute approximate surface area is 161 Å². The molecule has 2 N–H and O–H groups in total. The molecule has 1 aromatic rings. The Hall–Kier alpha value is -2.04. The number of amides is 2. The second-order valence-corrected chi connectivity index (χ2v) is 8.92. The monoisotopic (exact) mass is 370 g/mol. The second kappa shape index (κ2) is 7.17. The third-order valence-electron chi connectivity index (χ3n) is 6.91. The van der Waals surface area contributed by atoms with Crippen molar-refractivity contribution < 1.29 is 14.3 Å². The van der Waals surface area contributed by atoms with E-state index < -0.39 is 6.04 Å². The van der Waals surface area contributed by atoms with E-state index in [4.69, 9.17) is 4.74 Å². The predicted octanol–water partition coefficient (Wildman–Crippen LogP) is 3.03. The summed E-state index contributed by atoms with van der Waals surface area (Å²) in [5.41, 5.74) is 0.708. The molecule has 27 heavy (non-hydrogen) atoms. The van der Waals surface area contributed by atoms with E-state index in [2.05, 4.69) is 10.6 Å². The van der Waals surface area contributed by atoms with E-state index in [0.29, 0.717) is 6.54 Å². The van der Waals surface area contributed by atoms with E-state index in [-0.39, 0.29) is 17.2 Å². The third kappa shape index (κ3) is 3.56. The first-order valence-electron chi connectivity index (χ1n) is 10.2. The predicted molar refractivity (Wildman–Crippen MR) is 103 cm³/mol. The summed E-state index contributed by atoms with van der Waals surface area (Å²) in [4.78, 5) is 25.6. The molecule has 5 heteroatoms. The lowest BCUT2D eigenvalue weighted by molar-refractivity contribution is -0.148. The zero-order valence-electron chi connectivity index (χ0n) is 16.3. The molecule has 4 fully saturated rings. The first kappa shape index (κ1) is 18.3. The van der Waals surface area contributed by atoms with Crippen LogP contribution in [-0.4, -0.2) is 25.0 Å². The summed E-state index contributed by atoms with van der Waals surface area (Å²) in [7, 11) is 1.62. The van der Waals surface area contributed by atoms with Crippen LogP contribution in [0.3, 0.4) is 0 Å². The van der Waals surface area contributed by atoms with Crippen LogP contribution in [0.2, 0.25) is 0 Å². The highest BCUT2D eigenvalue weighted by atomic mass is 16.5. The molecule has 0 spiro atoms. The van der Waals surface area contributed by atoms with Crippen LogP contribution in [0.5, 0.6) is 5.75 Å². The Kier molecular flexibility index (Phi) is 4.87. The average molecular weight is 370 g/mol. The Morgan fingerprint density at radius 3 is 2.30 bits per heavy atom. The lowest BCUT2D eigenvalue weighted by Gasteiger charge is -2.55. The van der Waals surface area contributed by atoms with Gasteiger partial charge in [-0.2, -0.15) is 0 Å². The van der Waals surface area contributed by atoms with Crippen molar-refractivity contribution in [3.05, 3.63) is 29.8 Å². The normalized spacial score (nSPS) is 32.0. The molecule has 0 aliphatic heterocycles. The fourth-order valence-electron chi connectivity index (χ4n) is 5.99. The maximum Gasteiger partial charge on any atom is 0.242 e. The van der Waals surface area contributed by atoms with Gasteiger partial charge in [-0.3, -0.25) is 9.59 Å². The molecule has 1 aromatic carbocycles. The minimum Gasteiger partial charge on any atom is -0.496 e. The van der Waals surface area contributed by atoms with Crippen LogP contribution in [0, 0.1) is 23.2 Å². The molecule has 4 aliphatic rings. The van der Waals surface area contributed by atoms with Crippen molar-refractivity contribution in [3.8, 4) is 5.75 Å². The number of methoxy groups -OCH3 is 1. The number of hydrogen-bond donors (Lipinski definition) is 2. The van der Waals surface area contributed by atoms with Crippen molar-refractivity contribution in [1.29, 1.82) is 0 Å². The number of ether oxygens (including phenoxy) is 1. The summed E-state index contributed by atoms with van der Waals surface area (Å²) in [6.45, 7) is 2.16. The smallest absolute Gasteiger partial charge is 0.242 e. The molecule has 0 unspecified atom stereocenters. The lowest BCUT2D eigenvalue weighted by atomic mass is 9.49. The maximum atomic E-state index is 13.1. The Balaban J connectivity index is 1.34. The highest BCUT2D eigenvalue weighted by Crippen LogP contribution is 2.60. The van der Waals surface area contributed by atoms with Crippen LogP contribution < -0.4 is 15.4 Å². The van der Waals surface area contributed by atoms with Gasteiger partial charge in [-0.05, 0) is 69.3 Å². The van der Waals surface area contributed by atoms with Crippen LogP contribution >= 0.6 is 0 Å². The van der Waals surface area contributed by atoms with Gasteiger partial charge >= 0.3 is 0 Å². The van der Waals surface area contributed by atoms with E-state index in [9.17, 15) is 9.59 Å². The quantitative estimate of drug-likeness (QED) is 0.809. The SMILES string of the molecule is COc1ccccc1CNC(=O)[C@H](C)NC(=O)C12CC3CC(CC(C3)C1)C2. The minimum absolute atomic E-state index is 0.0986. The molecular weight excluding hydrogens is 340 g/mol. The molecule has 0 radical (unpaired) electrons. The number of rotatable bonds is 6. The summed E-state index contributed by atoms with van der Waals surface area (Å²) < 4.78 is 5.32. The molecular formula is C22H30N2O3. The maximum absolute atomic E-state index is 13.1. The molecule has 4 bridgehead atoms. The first-order valence-corrected chi connectivity index (χ1v) is 10.2. The van der Waals surface area contributed by atoms with Crippen LogP contribution in [0.15, 0.2) is 24.3 Å². The van der Waals surface area contributed by atoms with E-state index in [0.717, 1.165) is 48.3 Å². The fourth-order valence-corrected chi connectivity index (χ4v) is 5.99. The van der Waals surface area contributed by atoms with Crippen molar-refractivity contribution in [3.63, 3.8) is 0 Å². The van der Waals surface area contributed by atoms with Gasteiger partial charge in [0.05, 0.1) is 7.11 Å². The number of nitrogens with one attached hydrogen (secondary N) is 2. The average Bonchev–Trinajstić information content (AvgIpc) is 2.65. The van der Waals surface area contributed by atoms with Gasteiger partial charge in [0.1, 0.15) is 11.8 Å². The van der Waals surface area contributed by atoms with Gasteiger partial charge in [-0.25, -0.2) is 0 Å². The highest BCUT2D eigenvalue weighted by molar-refractivity contribution is 5.90. The van der Waals surface area contributed by atoms with Crippen molar-refractivity contribution in [2.45, 2.75) is 58.0 Å². The van der Waals surface area contributed by atoms with Gasteiger partial charge in [0, 0.05) is 17.5 Å². The summed E-state index contributed by atoms with van der Waals surface area (Å²) in [5, 5.41) is 5.94. The van der Waals surface area contributed by atoms with Gasteiger partial charge in [-0.1, -0.05) is 18.2 Å². The number of para-hydroxylation sites is 1. The largest absolute Gasteiger partial charge is 0.496 e. The van der Waals surface area contributed by atoms with Gasteiger partial charge in [0.2, 0.25) is 11.8 Å². The van der Waals surface area contributed by atoms with Crippen LogP contribution in [0.25, 0.3) is 0 Å². The minimum atomic E-state index is -0.528. The standard InChI is InChI=1S/C22H30N2O3/c1-14(20(25)23-13-18-5-3-4-6-19(18)27-2)24-21(26)22-10-15-7-16(11-22)9-17(8-15)12-22/h3-6,14-17H,7-13H2,1-2H3,(H,23,25)(H,24,26)/t14-,15?,16?,17?,22?/m0/s1. The second-order valence-electron chi connectivity index (χ2n) is 8.92. The Bertz CT molecular complexity index is 695.